The molecule has 0 unspecified atom stereocenters. The first-order chi connectivity index (χ1) is 12.8. The second-order valence-corrected chi connectivity index (χ2v) is 5.75. The summed E-state index contributed by atoms with van der Waals surface area (Å²) in [6.07, 6.45) is 5.37. The van der Waals surface area contributed by atoms with Gasteiger partial charge in [-0.1, -0.05) is 24.3 Å². The highest BCUT2D eigenvalue weighted by Gasteiger charge is 2.09. The number of amides is 1. The summed E-state index contributed by atoms with van der Waals surface area (Å²) in [5.41, 5.74) is 2.64. The van der Waals surface area contributed by atoms with E-state index in [0.29, 0.717) is 11.4 Å². The predicted octanol–water partition coefficient (Wildman–Crippen LogP) is 3.93. The molecule has 2 aromatic carbocycles. The van der Waals surface area contributed by atoms with Gasteiger partial charge in [0.15, 0.2) is 0 Å². The molecule has 4 aromatic rings. The van der Waals surface area contributed by atoms with Crippen LogP contribution in [0.5, 0.6) is 11.8 Å². The Kier molecular flexibility index (Phi) is 4.30. The van der Waals surface area contributed by atoms with E-state index in [0.717, 1.165) is 16.5 Å². The van der Waals surface area contributed by atoms with Crippen molar-refractivity contribution >= 4 is 22.5 Å². The van der Waals surface area contributed by atoms with Crippen molar-refractivity contribution in [2.45, 2.75) is 6.42 Å². The van der Waals surface area contributed by atoms with Crippen LogP contribution < -0.4 is 10.1 Å². The average molecular weight is 344 g/mol. The van der Waals surface area contributed by atoms with E-state index >= 15 is 0 Å². The van der Waals surface area contributed by atoms with E-state index in [2.05, 4.69) is 20.3 Å². The molecule has 6 heteroatoms. The zero-order valence-electron chi connectivity index (χ0n) is 13.8. The van der Waals surface area contributed by atoms with Gasteiger partial charge in [-0.15, -0.1) is 0 Å². The molecule has 0 aliphatic rings. The molecule has 128 valence electrons. The molecule has 0 aliphatic carbocycles. The zero-order chi connectivity index (χ0) is 17.8. The number of carbonyl (C=O) groups excluding carboxylic acids is 1. The molecule has 0 spiro atoms. The fraction of sp³-hybridized carbons (Fsp3) is 0.0500. The number of fused-ring (bicyclic) bond motifs is 1. The number of H-pyrrole nitrogens is 1. The Hall–Kier alpha value is -3.67. The van der Waals surface area contributed by atoms with Gasteiger partial charge in [-0.2, -0.15) is 0 Å². The van der Waals surface area contributed by atoms with Gasteiger partial charge in [-0.25, -0.2) is 9.97 Å². The van der Waals surface area contributed by atoms with E-state index in [1.807, 2.05) is 36.5 Å². The number of nitrogens with one attached hydrogen (secondary N) is 2. The zero-order valence-corrected chi connectivity index (χ0v) is 13.8. The molecular formula is C20H16N4O2. The molecule has 0 atom stereocenters. The molecule has 4 rings (SSSR count). The van der Waals surface area contributed by atoms with E-state index in [4.69, 9.17) is 4.74 Å². The summed E-state index contributed by atoms with van der Waals surface area (Å²) in [5.74, 6) is 0.462. The second-order valence-electron chi connectivity index (χ2n) is 5.75. The number of rotatable bonds is 5. The van der Waals surface area contributed by atoms with E-state index in [9.17, 15) is 4.79 Å². The van der Waals surface area contributed by atoms with Crippen LogP contribution in [-0.4, -0.2) is 20.9 Å². The third-order valence-electron chi connectivity index (χ3n) is 3.89. The van der Waals surface area contributed by atoms with Gasteiger partial charge >= 0.3 is 6.01 Å². The van der Waals surface area contributed by atoms with E-state index < -0.39 is 0 Å². The summed E-state index contributed by atoms with van der Waals surface area (Å²) in [6, 6.07) is 17.0. The predicted molar refractivity (Wildman–Crippen MR) is 99.2 cm³/mol. The van der Waals surface area contributed by atoms with Gasteiger partial charge in [0.05, 0.1) is 6.42 Å². The van der Waals surface area contributed by atoms with Crippen molar-refractivity contribution in [3.63, 3.8) is 0 Å². The SMILES string of the molecule is O=C(Cc1c[nH]c2ccccc12)Nc1cccc(Oc2ncccn2)c1. The van der Waals surface area contributed by atoms with Gasteiger partial charge in [0, 0.05) is 41.2 Å². The van der Waals surface area contributed by atoms with E-state index in [1.54, 1.807) is 36.7 Å². The maximum absolute atomic E-state index is 12.4. The van der Waals surface area contributed by atoms with Gasteiger partial charge in [0.1, 0.15) is 5.75 Å². The topological polar surface area (TPSA) is 79.9 Å². The molecule has 0 bridgehead atoms. The lowest BCUT2D eigenvalue weighted by Gasteiger charge is -2.08. The number of carbonyl (C=O) groups is 1. The monoisotopic (exact) mass is 344 g/mol. The summed E-state index contributed by atoms with van der Waals surface area (Å²) in [7, 11) is 0. The highest BCUT2D eigenvalue weighted by Crippen LogP contribution is 2.22. The number of anilines is 1. The highest BCUT2D eigenvalue weighted by atomic mass is 16.5. The normalized spacial score (nSPS) is 10.6. The third-order valence-corrected chi connectivity index (χ3v) is 3.89. The Morgan fingerprint density at radius 3 is 2.77 bits per heavy atom. The van der Waals surface area contributed by atoms with Crippen LogP contribution in [-0.2, 0) is 11.2 Å². The largest absolute Gasteiger partial charge is 0.424 e. The van der Waals surface area contributed by atoms with Crippen LogP contribution in [0.2, 0.25) is 0 Å². The first-order valence-corrected chi connectivity index (χ1v) is 8.18. The lowest BCUT2D eigenvalue weighted by molar-refractivity contribution is -0.115. The first kappa shape index (κ1) is 15.8. The van der Waals surface area contributed by atoms with Crippen molar-refractivity contribution in [3.8, 4) is 11.8 Å². The second kappa shape index (κ2) is 7.06. The molecule has 0 saturated heterocycles. The third kappa shape index (κ3) is 3.54. The van der Waals surface area contributed by atoms with Crippen LogP contribution in [0.25, 0.3) is 10.9 Å². The molecule has 0 fully saturated rings. The molecule has 1 amide bonds. The van der Waals surface area contributed by atoms with Crippen LogP contribution in [0.3, 0.4) is 0 Å². The fourth-order valence-corrected chi connectivity index (χ4v) is 2.74. The summed E-state index contributed by atoms with van der Waals surface area (Å²) >= 11 is 0. The van der Waals surface area contributed by atoms with Crippen molar-refractivity contribution in [2.75, 3.05) is 5.32 Å². The Bertz CT molecular complexity index is 1040. The number of para-hydroxylation sites is 1. The molecule has 0 aliphatic heterocycles. The first-order valence-electron chi connectivity index (χ1n) is 8.18. The lowest BCUT2D eigenvalue weighted by Crippen LogP contribution is -2.14. The van der Waals surface area contributed by atoms with Crippen LogP contribution in [0.1, 0.15) is 5.56 Å². The van der Waals surface area contributed by atoms with Gasteiger partial charge in [0.25, 0.3) is 0 Å². The van der Waals surface area contributed by atoms with Crippen molar-refractivity contribution in [2.24, 2.45) is 0 Å². The number of ether oxygens (including phenoxy) is 1. The van der Waals surface area contributed by atoms with Gasteiger partial charge in [-0.3, -0.25) is 4.79 Å². The Morgan fingerprint density at radius 1 is 1.04 bits per heavy atom. The molecular weight excluding hydrogens is 328 g/mol. The number of aromatic nitrogens is 3. The summed E-state index contributed by atoms with van der Waals surface area (Å²) in [6.45, 7) is 0. The summed E-state index contributed by atoms with van der Waals surface area (Å²) in [4.78, 5) is 23.6. The molecule has 0 radical (unpaired) electrons. The van der Waals surface area contributed by atoms with E-state index in [1.165, 1.54) is 0 Å². The Balaban J connectivity index is 1.45. The van der Waals surface area contributed by atoms with Crippen LogP contribution in [0.4, 0.5) is 5.69 Å². The average Bonchev–Trinajstić information content (AvgIpc) is 3.06. The van der Waals surface area contributed by atoms with Crippen LogP contribution >= 0.6 is 0 Å². The van der Waals surface area contributed by atoms with E-state index in [-0.39, 0.29) is 18.3 Å². The molecule has 26 heavy (non-hydrogen) atoms. The Labute approximate surface area is 149 Å². The minimum absolute atomic E-state index is 0.0946. The number of aromatic amines is 1. The summed E-state index contributed by atoms with van der Waals surface area (Å²) in [5, 5.41) is 3.95. The van der Waals surface area contributed by atoms with Crippen LogP contribution in [0, 0.1) is 0 Å². The molecule has 0 saturated carbocycles. The number of benzene rings is 2. The van der Waals surface area contributed by atoms with Gasteiger partial charge in [0.2, 0.25) is 5.91 Å². The number of nitrogens with zero attached hydrogens (tertiary/aromatic N) is 2. The number of hydrogen-bond donors (Lipinski definition) is 2. The van der Waals surface area contributed by atoms with Crippen molar-refractivity contribution in [1.29, 1.82) is 0 Å². The fourth-order valence-electron chi connectivity index (χ4n) is 2.74. The van der Waals surface area contributed by atoms with Crippen LogP contribution in [0.15, 0.2) is 73.2 Å². The molecule has 2 N–H and O–H groups in total. The smallest absolute Gasteiger partial charge is 0.321 e. The maximum Gasteiger partial charge on any atom is 0.321 e. The molecule has 2 aromatic heterocycles. The quantitative estimate of drug-likeness (QED) is 0.575. The standard InChI is InChI=1S/C20H16N4O2/c25-19(11-14-13-23-18-8-2-1-7-17(14)18)24-15-5-3-6-16(12-15)26-20-21-9-4-10-22-20/h1-10,12-13,23H,11H2,(H,24,25). The summed E-state index contributed by atoms with van der Waals surface area (Å²) < 4.78 is 5.59. The van der Waals surface area contributed by atoms with Crippen molar-refractivity contribution in [3.05, 3.63) is 78.8 Å². The lowest BCUT2D eigenvalue weighted by atomic mass is 10.1. The van der Waals surface area contributed by atoms with Crippen molar-refractivity contribution < 1.29 is 9.53 Å². The molecule has 6 nitrogen and oxygen atoms in total. The molecule has 2 heterocycles. The minimum atomic E-state index is -0.0946. The maximum atomic E-state index is 12.4. The highest BCUT2D eigenvalue weighted by molar-refractivity contribution is 5.95. The van der Waals surface area contributed by atoms with Crippen molar-refractivity contribution in [1.82, 2.24) is 15.0 Å². The Morgan fingerprint density at radius 2 is 1.88 bits per heavy atom. The van der Waals surface area contributed by atoms with Gasteiger partial charge < -0.3 is 15.0 Å². The number of hydrogen-bond acceptors (Lipinski definition) is 4. The minimum Gasteiger partial charge on any atom is -0.424 e. The van der Waals surface area contributed by atoms with Gasteiger partial charge in [-0.05, 0) is 29.8 Å².